The van der Waals surface area contributed by atoms with Crippen LogP contribution in [-0.2, 0) is 0 Å². The second-order valence-electron chi connectivity index (χ2n) is 7.02. The molecule has 4 rings (SSSR count). The Morgan fingerprint density at radius 3 is 2.41 bits per heavy atom. The molecule has 1 aromatic carbocycles. The van der Waals surface area contributed by atoms with E-state index >= 15 is 0 Å². The summed E-state index contributed by atoms with van der Waals surface area (Å²) >= 11 is 0. The van der Waals surface area contributed by atoms with Crippen LogP contribution < -0.4 is 4.74 Å². The Hall–Kier alpha value is -1.64. The third-order valence-corrected chi connectivity index (χ3v) is 5.81. The molecule has 0 aromatic heterocycles. The van der Waals surface area contributed by atoms with E-state index in [1.807, 2.05) is 6.07 Å². The molecule has 3 nitrogen and oxygen atoms in total. The molecule has 1 aromatic rings. The van der Waals surface area contributed by atoms with Gasteiger partial charge in [-0.15, -0.1) is 0 Å². The van der Waals surface area contributed by atoms with E-state index in [0.29, 0.717) is 29.6 Å². The summed E-state index contributed by atoms with van der Waals surface area (Å²) < 4.78 is 5.71. The van der Waals surface area contributed by atoms with E-state index in [1.54, 1.807) is 12.1 Å². The number of ether oxygens (including phenoxy) is 1. The second-order valence-corrected chi connectivity index (χ2v) is 7.02. The number of fused-ring (bicyclic) bond motifs is 6. The number of hydrogen-bond acceptors (Lipinski definition) is 3. The molecule has 2 fully saturated rings. The summed E-state index contributed by atoms with van der Waals surface area (Å²) in [7, 11) is 0. The maximum atomic E-state index is 12.9. The maximum absolute atomic E-state index is 12.9. The Morgan fingerprint density at radius 1 is 1.05 bits per heavy atom. The first-order valence-corrected chi connectivity index (χ1v) is 8.56. The lowest BCUT2D eigenvalue weighted by Crippen LogP contribution is -2.40. The molecule has 0 spiro atoms. The van der Waals surface area contributed by atoms with Crippen molar-refractivity contribution in [2.75, 3.05) is 6.61 Å². The average molecular weight is 298 g/mol. The van der Waals surface area contributed by atoms with Gasteiger partial charge < -0.3 is 4.74 Å². The van der Waals surface area contributed by atoms with Crippen LogP contribution >= 0.6 is 0 Å². The van der Waals surface area contributed by atoms with E-state index in [-0.39, 0.29) is 23.4 Å². The molecule has 4 unspecified atom stereocenters. The van der Waals surface area contributed by atoms with Crippen molar-refractivity contribution in [3.63, 3.8) is 0 Å². The highest BCUT2D eigenvalue weighted by molar-refractivity contribution is 6.16. The van der Waals surface area contributed by atoms with Crippen LogP contribution in [0.2, 0.25) is 0 Å². The molecule has 2 saturated carbocycles. The van der Waals surface area contributed by atoms with Crippen molar-refractivity contribution in [1.82, 2.24) is 0 Å². The van der Waals surface area contributed by atoms with Gasteiger partial charge in [-0.1, -0.05) is 13.3 Å². The molecule has 116 valence electrons. The number of carbonyl (C=O) groups is 2. The lowest BCUT2D eigenvalue weighted by Gasteiger charge is -2.33. The normalized spacial score (nSPS) is 32.0. The van der Waals surface area contributed by atoms with Crippen LogP contribution in [0.5, 0.6) is 5.75 Å². The Kier molecular flexibility index (Phi) is 3.32. The molecule has 22 heavy (non-hydrogen) atoms. The van der Waals surface area contributed by atoms with Gasteiger partial charge in [0.2, 0.25) is 0 Å². The molecular formula is C19H22O3. The van der Waals surface area contributed by atoms with Gasteiger partial charge in [0.1, 0.15) is 5.75 Å². The smallest absolute Gasteiger partial charge is 0.167 e. The summed E-state index contributed by atoms with van der Waals surface area (Å²) in [5.41, 5.74) is 1.23. The minimum atomic E-state index is -0.0513. The Labute approximate surface area is 131 Å². The number of carbonyl (C=O) groups excluding carboxylic acids is 2. The zero-order valence-electron chi connectivity index (χ0n) is 13.0. The van der Waals surface area contributed by atoms with Gasteiger partial charge in [0.25, 0.3) is 0 Å². The Bertz CT molecular complexity index is 634. The van der Waals surface area contributed by atoms with Crippen molar-refractivity contribution < 1.29 is 14.3 Å². The van der Waals surface area contributed by atoms with Crippen molar-refractivity contribution in [1.29, 1.82) is 0 Å². The van der Waals surface area contributed by atoms with Crippen LogP contribution in [0.4, 0.5) is 0 Å². The number of benzene rings is 1. The number of unbranched alkanes of at least 4 members (excludes halogenated alkanes) is 1. The first-order chi connectivity index (χ1) is 10.7. The van der Waals surface area contributed by atoms with E-state index in [4.69, 9.17) is 4.74 Å². The quantitative estimate of drug-likeness (QED) is 0.792. The van der Waals surface area contributed by atoms with Gasteiger partial charge in [-0.25, -0.2) is 0 Å². The van der Waals surface area contributed by atoms with Crippen molar-refractivity contribution in [2.24, 2.45) is 23.7 Å². The highest BCUT2D eigenvalue weighted by atomic mass is 16.5. The van der Waals surface area contributed by atoms with Crippen molar-refractivity contribution in [2.45, 2.75) is 39.0 Å². The minimum Gasteiger partial charge on any atom is -0.494 e. The van der Waals surface area contributed by atoms with E-state index in [1.165, 1.54) is 0 Å². The van der Waals surface area contributed by atoms with Crippen molar-refractivity contribution >= 4 is 11.6 Å². The molecule has 0 N–H and O–H groups in total. The molecular weight excluding hydrogens is 276 g/mol. The largest absolute Gasteiger partial charge is 0.494 e. The van der Waals surface area contributed by atoms with E-state index in [0.717, 1.165) is 37.9 Å². The summed E-state index contributed by atoms with van der Waals surface area (Å²) in [6.07, 6.45) is 5.39. The maximum Gasteiger partial charge on any atom is 0.167 e. The molecule has 0 amide bonds. The fourth-order valence-corrected chi connectivity index (χ4v) is 4.77. The van der Waals surface area contributed by atoms with E-state index in [2.05, 4.69) is 6.92 Å². The number of ketones is 2. The highest BCUT2D eigenvalue weighted by Crippen LogP contribution is 2.56. The van der Waals surface area contributed by atoms with Gasteiger partial charge in [0.05, 0.1) is 6.61 Å². The van der Waals surface area contributed by atoms with Gasteiger partial charge in [0.15, 0.2) is 11.6 Å². The molecule has 2 bridgehead atoms. The van der Waals surface area contributed by atoms with Crippen LogP contribution in [0.25, 0.3) is 0 Å². The fourth-order valence-electron chi connectivity index (χ4n) is 4.77. The third-order valence-electron chi connectivity index (χ3n) is 5.81. The molecule has 3 aliphatic carbocycles. The third kappa shape index (κ3) is 1.94. The molecule has 3 aliphatic rings. The van der Waals surface area contributed by atoms with Crippen LogP contribution in [0.15, 0.2) is 18.2 Å². The van der Waals surface area contributed by atoms with Gasteiger partial charge in [-0.05, 0) is 55.7 Å². The zero-order chi connectivity index (χ0) is 15.3. The molecule has 0 saturated heterocycles. The van der Waals surface area contributed by atoms with Crippen LogP contribution in [0.3, 0.4) is 0 Å². The summed E-state index contributed by atoms with van der Waals surface area (Å²) in [6.45, 7) is 2.78. The minimum absolute atomic E-state index is 0.0365. The van der Waals surface area contributed by atoms with Gasteiger partial charge in [0, 0.05) is 23.0 Å². The molecule has 0 heterocycles. The highest BCUT2D eigenvalue weighted by Gasteiger charge is 2.56. The first-order valence-electron chi connectivity index (χ1n) is 8.56. The summed E-state index contributed by atoms with van der Waals surface area (Å²) in [5.74, 6) is 1.90. The Morgan fingerprint density at radius 2 is 1.73 bits per heavy atom. The first kappa shape index (κ1) is 14.0. The van der Waals surface area contributed by atoms with Crippen LogP contribution in [-0.4, -0.2) is 18.2 Å². The van der Waals surface area contributed by atoms with Gasteiger partial charge in [-0.3, -0.25) is 9.59 Å². The average Bonchev–Trinajstić information content (AvgIpc) is 3.14. The fraction of sp³-hybridized carbons (Fsp3) is 0.579. The standard InChI is InChI=1S/C19H22O3/c1-2-3-8-22-13-6-7-14-15(10-13)19(21)17-12-5-4-11(9-12)16(17)18(14)20/h6-7,10-12,16-17H,2-5,8-9H2,1H3. The Balaban J connectivity index is 1.67. The van der Waals surface area contributed by atoms with Gasteiger partial charge in [-0.2, -0.15) is 0 Å². The van der Waals surface area contributed by atoms with Crippen LogP contribution in [0, 0.1) is 23.7 Å². The summed E-state index contributed by atoms with van der Waals surface area (Å²) in [4.78, 5) is 25.7. The number of rotatable bonds is 4. The number of Topliss-reactive ketones (excluding diaryl/α,β-unsaturated/α-hetero) is 2. The predicted octanol–water partition coefficient (Wildman–Crippen LogP) is 3.91. The second kappa shape index (κ2) is 5.22. The lowest BCUT2D eigenvalue weighted by molar-refractivity contribution is 0.0660. The summed E-state index contributed by atoms with van der Waals surface area (Å²) in [5, 5.41) is 0. The zero-order valence-corrected chi connectivity index (χ0v) is 13.0. The molecule has 3 heteroatoms. The summed E-state index contributed by atoms with van der Waals surface area (Å²) in [6, 6.07) is 5.44. The predicted molar refractivity (Wildman–Crippen MR) is 83.3 cm³/mol. The monoisotopic (exact) mass is 298 g/mol. The molecule has 0 radical (unpaired) electrons. The topological polar surface area (TPSA) is 43.4 Å². The number of hydrogen-bond donors (Lipinski definition) is 0. The molecule has 4 atom stereocenters. The van der Waals surface area contributed by atoms with Crippen molar-refractivity contribution in [3.05, 3.63) is 29.3 Å². The van der Waals surface area contributed by atoms with E-state index < -0.39 is 0 Å². The molecule has 0 aliphatic heterocycles. The van der Waals surface area contributed by atoms with Crippen molar-refractivity contribution in [3.8, 4) is 5.75 Å². The van der Waals surface area contributed by atoms with Gasteiger partial charge >= 0.3 is 0 Å². The lowest BCUT2D eigenvalue weighted by atomic mass is 9.67. The van der Waals surface area contributed by atoms with E-state index in [9.17, 15) is 9.59 Å². The SMILES string of the molecule is CCCCOc1ccc2c(c1)C(=O)C1C3CCC(C3)C1C2=O. The van der Waals surface area contributed by atoms with Crippen LogP contribution in [0.1, 0.15) is 59.7 Å².